The Hall–Kier alpha value is -3.50. The average Bonchev–Trinajstić information content (AvgIpc) is 2.87. The topological polar surface area (TPSA) is 76.2 Å². The molecule has 0 bridgehead atoms. The summed E-state index contributed by atoms with van der Waals surface area (Å²) in [7, 11) is 3.67. The van der Waals surface area contributed by atoms with E-state index < -0.39 is 17.6 Å². The first kappa shape index (κ1) is 25.6. The number of nitrogens with zero attached hydrogens (tertiary/aromatic N) is 3. The molecule has 0 radical (unpaired) electrons. The van der Waals surface area contributed by atoms with Gasteiger partial charge < -0.3 is 29.3 Å². The highest BCUT2D eigenvalue weighted by Crippen LogP contribution is 2.39. The fourth-order valence-corrected chi connectivity index (χ4v) is 4.08. The van der Waals surface area contributed by atoms with Crippen LogP contribution in [-0.2, 0) is 9.47 Å². The molecule has 0 spiro atoms. The number of carbonyl (C=O) groups excluding carboxylic acids is 1. The Morgan fingerprint density at radius 3 is 2.61 bits per heavy atom. The van der Waals surface area contributed by atoms with Crippen LogP contribution in [0.15, 0.2) is 36.5 Å². The smallest absolute Gasteiger partial charge is 0.341 e. The van der Waals surface area contributed by atoms with Crippen molar-refractivity contribution in [3.05, 3.63) is 53.7 Å². The number of piperazine rings is 1. The molecule has 2 aromatic carbocycles. The molecule has 2 heterocycles. The Kier molecular flexibility index (Phi) is 8.17. The van der Waals surface area contributed by atoms with Gasteiger partial charge in [-0.15, -0.1) is 0 Å². The van der Waals surface area contributed by atoms with E-state index in [0.29, 0.717) is 29.9 Å². The monoisotopic (exact) mass is 500 g/mol. The number of carbonyl (C=O) groups is 1. The summed E-state index contributed by atoms with van der Waals surface area (Å²) in [6.07, 6.45) is 1.37. The first-order chi connectivity index (χ1) is 17.4. The number of nitrogens with one attached hydrogen (secondary N) is 1. The predicted octanol–water partition coefficient (Wildman–Crippen LogP) is 4.21. The van der Waals surface area contributed by atoms with Crippen LogP contribution in [0.4, 0.5) is 25.8 Å². The highest BCUT2D eigenvalue weighted by molar-refractivity contribution is 6.07. The lowest BCUT2D eigenvalue weighted by molar-refractivity contribution is 0.0527. The van der Waals surface area contributed by atoms with Crippen LogP contribution >= 0.6 is 0 Å². The molecule has 1 aliphatic heterocycles. The number of ether oxygens (including phenoxy) is 3. The van der Waals surface area contributed by atoms with Crippen molar-refractivity contribution in [2.24, 2.45) is 0 Å². The second-order valence-electron chi connectivity index (χ2n) is 8.49. The number of esters is 1. The standard InChI is InChI=1S/C26H30F2N4O4/c1-4-35-26(33)19-16-29-21-15-24(36-12-11-34-3)23(32-9-7-31(2)8-10-32)14-18(21)25(19)30-22-13-17(27)5-6-20(22)28/h5-6,13-16H,4,7-12H2,1-3H3,(H,29,30). The second kappa shape index (κ2) is 11.5. The van der Waals surface area contributed by atoms with Crippen molar-refractivity contribution in [2.75, 3.05) is 70.4 Å². The number of halogens is 2. The molecule has 0 aliphatic carbocycles. The predicted molar refractivity (Wildman–Crippen MR) is 134 cm³/mol. The molecule has 0 amide bonds. The summed E-state index contributed by atoms with van der Waals surface area (Å²) < 4.78 is 44.9. The molecule has 0 unspecified atom stereocenters. The van der Waals surface area contributed by atoms with Crippen LogP contribution in [0.25, 0.3) is 10.9 Å². The van der Waals surface area contributed by atoms with Crippen molar-refractivity contribution in [1.29, 1.82) is 0 Å². The summed E-state index contributed by atoms with van der Waals surface area (Å²) in [5.41, 5.74) is 1.63. The summed E-state index contributed by atoms with van der Waals surface area (Å²) in [5.74, 6) is -1.26. The number of pyridine rings is 1. The van der Waals surface area contributed by atoms with Crippen LogP contribution in [0, 0.1) is 11.6 Å². The maximum Gasteiger partial charge on any atom is 0.341 e. The van der Waals surface area contributed by atoms with Crippen LogP contribution in [-0.4, -0.2) is 76.0 Å². The summed E-state index contributed by atoms with van der Waals surface area (Å²) in [4.78, 5) is 21.7. The number of hydrogen-bond donors (Lipinski definition) is 1. The number of fused-ring (bicyclic) bond motifs is 1. The van der Waals surface area contributed by atoms with Crippen LogP contribution < -0.4 is 15.0 Å². The number of benzene rings is 2. The quantitative estimate of drug-likeness (QED) is 0.346. The van der Waals surface area contributed by atoms with Crippen LogP contribution in [0.2, 0.25) is 0 Å². The molecule has 1 aliphatic rings. The van der Waals surface area contributed by atoms with Gasteiger partial charge in [0.2, 0.25) is 0 Å². The van der Waals surface area contributed by atoms with Gasteiger partial charge in [0.1, 0.15) is 29.6 Å². The van der Waals surface area contributed by atoms with Gasteiger partial charge >= 0.3 is 5.97 Å². The van der Waals surface area contributed by atoms with E-state index in [1.54, 1.807) is 20.1 Å². The summed E-state index contributed by atoms with van der Waals surface area (Å²) in [5, 5.41) is 3.48. The Balaban J connectivity index is 1.88. The molecule has 36 heavy (non-hydrogen) atoms. The zero-order valence-electron chi connectivity index (χ0n) is 20.6. The number of likely N-dealkylation sites (N-methyl/N-ethyl adjacent to an activating group) is 1. The van der Waals surface area contributed by atoms with Gasteiger partial charge in [-0.3, -0.25) is 4.98 Å². The van der Waals surface area contributed by atoms with E-state index in [1.165, 1.54) is 6.20 Å². The molecule has 10 heteroatoms. The van der Waals surface area contributed by atoms with Gasteiger partial charge in [0.05, 0.1) is 35.8 Å². The molecular weight excluding hydrogens is 470 g/mol. The van der Waals surface area contributed by atoms with E-state index in [0.717, 1.165) is 50.1 Å². The van der Waals surface area contributed by atoms with Crippen molar-refractivity contribution >= 4 is 33.9 Å². The van der Waals surface area contributed by atoms with Crippen molar-refractivity contribution in [3.63, 3.8) is 0 Å². The van der Waals surface area contributed by atoms with Gasteiger partial charge in [-0.05, 0) is 32.2 Å². The minimum Gasteiger partial charge on any atom is -0.489 e. The summed E-state index contributed by atoms with van der Waals surface area (Å²) in [6.45, 7) is 5.91. The molecule has 192 valence electrons. The number of aromatic nitrogens is 1. The van der Waals surface area contributed by atoms with Crippen LogP contribution in [0.3, 0.4) is 0 Å². The molecule has 1 aromatic heterocycles. The van der Waals surface area contributed by atoms with Gasteiger partial charge in [0.15, 0.2) is 0 Å². The zero-order chi connectivity index (χ0) is 25.7. The number of hydrogen-bond acceptors (Lipinski definition) is 8. The molecule has 1 N–H and O–H groups in total. The van der Waals surface area contributed by atoms with Crippen molar-refractivity contribution in [2.45, 2.75) is 6.92 Å². The SMILES string of the molecule is CCOC(=O)c1cnc2cc(OCCOC)c(N3CCN(C)CC3)cc2c1Nc1cc(F)ccc1F. The minimum absolute atomic E-state index is 0.102. The molecule has 0 atom stereocenters. The second-order valence-corrected chi connectivity index (χ2v) is 8.49. The summed E-state index contributed by atoms with van der Waals surface area (Å²) >= 11 is 0. The lowest BCUT2D eigenvalue weighted by Crippen LogP contribution is -2.44. The summed E-state index contributed by atoms with van der Waals surface area (Å²) in [6, 6.07) is 6.77. The third-order valence-corrected chi connectivity index (χ3v) is 6.02. The lowest BCUT2D eigenvalue weighted by atomic mass is 10.1. The van der Waals surface area contributed by atoms with Crippen LogP contribution in [0.1, 0.15) is 17.3 Å². The van der Waals surface area contributed by atoms with E-state index in [2.05, 4.69) is 27.1 Å². The first-order valence-electron chi connectivity index (χ1n) is 11.8. The largest absolute Gasteiger partial charge is 0.489 e. The van der Waals surface area contributed by atoms with E-state index in [4.69, 9.17) is 14.2 Å². The molecule has 3 aromatic rings. The van der Waals surface area contributed by atoms with Crippen LogP contribution in [0.5, 0.6) is 5.75 Å². The van der Waals surface area contributed by atoms with Gasteiger partial charge in [-0.2, -0.15) is 0 Å². The molecule has 1 saturated heterocycles. The maximum atomic E-state index is 14.6. The normalized spacial score (nSPS) is 14.2. The number of methoxy groups -OCH3 is 1. The van der Waals surface area contributed by atoms with Gasteiger partial charge in [-0.25, -0.2) is 13.6 Å². The van der Waals surface area contributed by atoms with E-state index in [1.807, 2.05) is 6.07 Å². The molecule has 4 rings (SSSR count). The molecule has 1 fully saturated rings. The Morgan fingerprint density at radius 1 is 1.11 bits per heavy atom. The van der Waals surface area contributed by atoms with Crippen molar-refractivity contribution < 1.29 is 27.8 Å². The molecule has 0 saturated carbocycles. The number of anilines is 3. The highest BCUT2D eigenvalue weighted by atomic mass is 19.1. The minimum atomic E-state index is -0.657. The third kappa shape index (κ3) is 5.66. The first-order valence-corrected chi connectivity index (χ1v) is 11.8. The fourth-order valence-electron chi connectivity index (χ4n) is 4.08. The Morgan fingerprint density at radius 2 is 1.89 bits per heavy atom. The van der Waals surface area contributed by atoms with E-state index in [9.17, 15) is 13.6 Å². The fraction of sp³-hybridized carbons (Fsp3) is 0.385. The zero-order valence-corrected chi connectivity index (χ0v) is 20.6. The average molecular weight is 501 g/mol. The maximum absolute atomic E-state index is 14.6. The third-order valence-electron chi connectivity index (χ3n) is 6.02. The van der Waals surface area contributed by atoms with Gasteiger partial charge in [0, 0.05) is 57.0 Å². The van der Waals surface area contributed by atoms with Gasteiger partial charge in [0.25, 0.3) is 0 Å². The Labute approximate surface area is 208 Å². The highest BCUT2D eigenvalue weighted by Gasteiger charge is 2.23. The van der Waals surface area contributed by atoms with Crippen molar-refractivity contribution in [3.8, 4) is 5.75 Å². The van der Waals surface area contributed by atoms with E-state index in [-0.39, 0.29) is 23.5 Å². The van der Waals surface area contributed by atoms with Crippen molar-refractivity contribution in [1.82, 2.24) is 9.88 Å². The van der Waals surface area contributed by atoms with Gasteiger partial charge in [-0.1, -0.05) is 0 Å². The lowest BCUT2D eigenvalue weighted by Gasteiger charge is -2.35. The molecular formula is C26H30F2N4O4. The molecule has 8 nitrogen and oxygen atoms in total. The number of rotatable bonds is 9. The van der Waals surface area contributed by atoms with E-state index >= 15 is 0 Å². The Bertz CT molecular complexity index is 1230.